The highest BCUT2D eigenvalue weighted by atomic mass is 79.9. The first-order valence-corrected chi connectivity index (χ1v) is 6.81. The van der Waals surface area contributed by atoms with Crippen molar-refractivity contribution in [3.63, 3.8) is 0 Å². The molecule has 2 rings (SSSR count). The Morgan fingerprint density at radius 3 is 2.76 bits per heavy atom. The van der Waals surface area contributed by atoms with Crippen LogP contribution in [-0.4, -0.2) is 12.0 Å². The quantitative estimate of drug-likeness (QED) is 0.647. The molecule has 7 heteroatoms. The summed E-state index contributed by atoms with van der Waals surface area (Å²) in [5.74, 6) is 0.0164. The molecule has 0 heterocycles. The van der Waals surface area contributed by atoms with E-state index in [1.165, 1.54) is 25.3 Å². The van der Waals surface area contributed by atoms with E-state index in [0.717, 1.165) is 4.47 Å². The number of benzene rings is 2. The summed E-state index contributed by atoms with van der Waals surface area (Å²) in [7, 11) is 1.43. The lowest BCUT2D eigenvalue weighted by molar-refractivity contribution is -0.384. The molecule has 0 saturated heterocycles. The van der Waals surface area contributed by atoms with E-state index in [1.807, 2.05) is 0 Å². The van der Waals surface area contributed by atoms with Crippen molar-refractivity contribution in [3.05, 3.63) is 62.4 Å². The number of anilines is 1. The largest absolute Gasteiger partial charge is 0.496 e. The number of hydrogen-bond donors (Lipinski definition) is 1. The minimum atomic E-state index is -0.512. The Hall–Kier alpha value is -2.15. The Labute approximate surface area is 129 Å². The summed E-state index contributed by atoms with van der Waals surface area (Å²) >= 11 is 3.26. The summed E-state index contributed by atoms with van der Waals surface area (Å²) in [4.78, 5) is 10.5. The van der Waals surface area contributed by atoms with E-state index in [1.54, 1.807) is 18.2 Å². The topological polar surface area (TPSA) is 64.4 Å². The second-order valence-corrected chi connectivity index (χ2v) is 5.15. The smallest absolute Gasteiger partial charge is 0.296 e. The fraction of sp³-hybridized carbons (Fsp3) is 0.143. The third-order valence-electron chi connectivity index (χ3n) is 2.88. The van der Waals surface area contributed by atoms with Crippen LogP contribution in [0.2, 0.25) is 0 Å². The zero-order valence-corrected chi connectivity index (χ0v) is 12.7. The van der Waals surface area contributed by atoms with E-state index in [4.69, 9.17) is 4.74 Å². The molecule has 0 radical (unpaired) electrons. The minimum absolute atomic E-state index is 0.121. The Kier molecular flexibility index (Phi) is 4.74. The van der Waals surface area contributed by atoms with Crippen LogP contribution >= 0.6 is 15.9 Å². The molecule has 0 spiro atoms. The van der Waals surface area contributed by atoms with E-state index in [2.05, 4.69) is 21.2 Å². The molecule has 1 N–H and O–H groups in total. The van der Waals surface area contributed by atoms with Gasteiger partial charge in [-0.3, -0.25) is 10.1 Å². The van der Waals surface area contributed by atoms with E-state index < -0.39 is 4.92 Å². The van der Waals surface area contributed by atoms with Crippen LogP contribution in [-0.2, 0) is 6.54 Å². The van der Waals surface area contributed by atoms with Crippen molar-refractivity contribution in [3.8, 4) is 5.75 Å². The highest BCUT2D eigenvalue weighted by Gasteiger charge is 2.15. The monoisotopic (exact) mass is 354 g/mol. The molecular formula is C14H12BrFN2O3. The second kappa shape index (κ2) is 6.53. The van der Waals surface area contributed by atoms with E-state index in [9.17, 15) is 14.5 Å². The Morgan fingerprint density at radius 1 is 1.33 bits per heavy atom. The number of hydrogen-bond acceptors (Lipinski definition) is 4. The van der Waals surface area contributed by atoms with Gasteiger partial charge in [-0.25, -0.2) is 4.39 Å². The van der Waals surface area contributed by atoms with E-state index in [0.29, 0.717) is 17.0 Å². The molecule has 21 heavy (non-hydrogen) atoms. The number of ether oxygens (including phenoxy) is 1. The molecule has 110 valence electrons. The molecule has 0 atom stereocenters. The predicted molar refractivity (Wildman–Crippen MR) is 81.1 cm³/mol. The van der Waals surface area contributed by atoms with Crippen molar-refractivity contribution in [1.29, 1.82) is 0 Å². The summed E-state index contributed by atoms with van der Waals surface area (Å²) in [6, 6.07) is 9.01. The van der Waals surface area contributed by atoms with Gasteiger partial charge in [-0.2, -0.15) is 0 Å². The maximum atomic E-state index is 13.6. The third kappa shape index (κ3) is 3.69. The molecule has 0 fully saturated rings. The van der Waals surface area contributed by atoms with Crippen molar-refractivity contribution in [1.82, 2.24) is 0 Å². The molecule has 0 amide bonds. The standard InChI is InChI=1S/C14H12BrFN2O3/c1-21-11-3-5-13(14(7-11)18(19)20)17-8-9-6-10(15)2-4-12(9)16/h2-7,17H,8H2,1H3. The molecule has 2 aromatic carbocycles. The number of rotatable bonds is 5. The van der Waals surface area contributed by atoms with Crippen LogP contribution in [0.4, 0.5) is 15.8 Å². The van der Waals surface area contributed by atoms with Gasteiger partial charge < -0.3 is 10.1 Å². The molecule has 0 saturated carbocycles. The normalized spacial score (nSPS) is 10.2. The fourth-order valence-corrected chi connectivity index (χ4v) is 2.22. The Morgan fingerprint density at radius 2 is 2.10 bits per heavy atom. The summed E-state index contributed by atoms with van der Waals surface area (Å²) in [5.41, 5.74) is 0.597. The lowest BCUT2D eigenvalue weighted by Crippen LogP contribution is -2.04. The van der Waals surface area contributed by atoms with Gasteiger partial charge in [-0.15, -0.1) is 0 Å². The van der Waals surface area contributed by atoms with E-state index >= 15 is 0 Å². The number of nitro benzene ring substituents is 1. The van der Waals surface area contributed by atoms with Crippen LogP contribution in [0.15, 0.2) is 40.9 Å². The maximum Gasteiger partial charge on any atom is 0.296 e. The molecule has 0 unspecified atom stereocenters. The average molecular weight is 355 g/mol. The first-order valence-electron chi connectivity index (χ1n) is 6.01. The summed E-state index contributed by atoms with van der Waals surface area (Å²) in [6.45, 7) is 0.137. The van der Waals surface area contributed by atoms with Gasteiger partial charge in [0.15, 0.2) is 0 Å². The number of nitrogens with zero attached hydrogens (tertiary/aromatic N) is 1. The van der Waals surface area contributed by atoms with Crippen LogP contribution in [0.3, 0.4) is 0 Å². The highest BCUT2D eigenvalue weighted by molar-refractivity contribution is 9.10. The summed E-state index contributed by atoms with van der Waals surface area (Å²) in [6.07, 6.45) is 0. The van der Waals surface area contributed by atoms with Gasteiger partial charge in [0.2, 0.25) is 0 Å². The molecule has 2 aromatic rings. The number of halogens is 2. The lowest BCUT2D eigenvalue weighted by Gasteiger charge is -2.09. The van der Waals surface area contributed by atoms with E-state index in [-0.39, 0.29) is 18.0 Å². The Bertz CT molecular complexity index is 679. The van der Waals surface area contributed by atoms with Gasteiger partial charge in [0.05, 0.1) is 18.1 Å². The van der Waals surface area contributed by atoms with Gasteiger partial charge in [-0.05, 0) is 30.3 Å². The van der Waals surface area contributed by atoms with Crippen LogP contribution < -0.4 is 10.1 Å². The molecule has 0 aliphatic carbocycles. The molecule has 0 aromatic heterocycles. The van der Waals surface area contributed by atoms with Crippen molar-refractivity contribution in [2.45, 2.75) is 6.54 Å². The zero-order chi connectivity index (χ0) is 15.4. The Balaban J connectivity index is 2.23. The van der Waals surface area contributed by atoms with Gasteiger partial charge in [0.25, 0.3) is 5.69 Å². The number of nitrogens with one attached hydrogen (secondary N) is 1. The molecule has 0 bridgehead atoms. The van der Waals surface area contributed by atoms with Crippen LogP contribution in [0, 0.1) is 15.9 Å². The van der Waals surface area contributed by atoms with Crippen molar-refractivity contribution < 1.29 is 14.1 Å². The van der Waals surface area contributed by atoms with Crippen LogP contribution in [0.5, 0.6) is 5.75 Å². The third-order valence-corrected chi connectivity index (χ3v) is 3.37. The van der Waals surface area contributed by atoms with Crippen molar-refractivity contribution >= 4 is 27.3 Å². The summed E-state index contributed by atoms with van der Waals surface area (Å²) in [5, 5.41) is 13.9. The first-order chi connectivity index (χ1) is 10.0. The highest BCUT2D eigenvalue weighted by Crippen LogP contribution is 2.29. The first kappa shape index (κ1) is 15.2. The minimum Gasteiger partial charge on any atom is -0.496 e. The molecule has 0 aliphatic heterocycles. The van der Waals surface area contributed by atoms with Gasteiger partial charge in [0, 0.05) is 16.6 Å². The molecule has 0 aliphatic rings. The zero-order valence-electron chi connectivity index (χ0n) is 11.1. The number of nitro groups is 1. The van der Waals surface area contributed by atoms with Crippen LogP contribution in [0.25, 0.3) is 0 Å². The van der Waals surface area contributed by atoms with Gasteiger partial charge in [-0.1, -0.05) is 15.9 Å². The predicted octanol–water partition coefficient (Wildman–Crippen LogP) is 4.12. The SMILES string of the molecule is COc1ccc(NCc2cc(Br)ccc2F)c([N+](=O)[O-])c1. The fourth-order valence-electron chi connectivity index (χ4n) is 1.81. The second-order valence-electron chi connectivity index (χ2n) is 4.23. The maximum absolute atomic E-state index is 13.6. The van der Waals surface area contributed by atoms with Crippen molar-refractivity contribution in [2.75, 3.05) is 12.4 Å². The summed E-state index contributed by atoms with van der Waals surface area (Å²) < 4.78 is 19.3. The lowest BCUT2D eigenvalue weighted by atomic mass is 10.2. The van der Waals surface area contributed by atoms with Crippen LogP contribution in [0.1, 0.15) is 5.56 Å². The van der Waals surface area contributed by atoms with Gasteiger partial charge in [0.1, 0.15) is 17.3 Å². The van der Waals surface area contributed by atoms with Crippen molar-refractivity contribution in [2.24, 2.45) is 0 Å². The van der Waals surface area contributed by atoms with Gasteiger partial charge >= 0.3 is 0 Å². The molecular weight excluding hydrogens is 343 g/mol. The molecule has 5 nitrogen and oxygen atoms in total. The average Bonchev–Trinajstić information content (AvgIpc) is 2.48. The number of methoxy groups -OCH3 is 1.